The molecule has 0 fully saturated rings. The van der Waals surface area contributed by atoms with E-state index in [1.165, 1.54) is 31.1 Å². The summed E-state index contributed by atoms with van der Waals surface area (Å²) in [6.07, 6.45) is 2.99. The Labute approximate surface area is 120 Å². The maximum absolute atomic E-state index is 11.9. The third-order valence-corrected chi connectivity index (χ3v) is 3.68. The molecule has 0 saturated heterocycles. The van der Waals surface area contributed by atoms with Gasteiger partial charge in [-0.25, -0.2) is 14.8 Å². The van der Waals surface area contributed by atoms with Crippen molar-refractivity contribution >= 4 is 45.4 Å². The Morgan fingerprint density at radius 1 is 1.50 bits per heavy atom. The van der Waals surface area contributed by atoms with Gasteiger partial charge in [-0.2, -0.15) is 0 Å². The second kappa shape index (κ2) is 5.83. The van der Waals surface area contributed by atoms with Gasteiger partial charge in [-0.15, -0.1) is 11.3 Å². The van der Waals surface area contributed by atoms with E-state index in [-0.39, 0.29) is 0 Å². The lowest BCUT2D eigenvalue weighted by Crippen LogP contribution is -2.12. The first kappa shape index (κ1) is 14.2. The summed E-state index contributed by atoms with van der Waals surface area (Å²) in [5.41, 5.74) is 0.617. The van der Waals surface area contributed by atoms with Crippen LogP contribution in [0.1, 0.15) is 9.67 Å². The number of carbonyl (C=O) groups is 1. The largest absolute Gasteiger partial charge is 0.465 e. The standard InChI is InChI=1S/C12H15N5O2S/c1-13-5-14-8-7-10(17(2)3)15-6-16-11(7)20-9(8)12(18)19-4/h5-6H,1-4H3,(H,13,14). The van der Waals surface area contributed by atoms with Crippen LogP contribution in [0, 0.1) is 0 Å². The maximum atomic E-state index is 11.9. The van der Waals surface area contributed by atoms with Crippen LogP contribution in [0.2, 0.25) is 0 Å². The second-order valence-electron chi connectivity index (χ2n) is 4.10. The summed E-state index contributed by atoms with van der Waals surface area (Å²) in [5.74, 6) is 0.318. The molecule has 8 heteroatoms. The Morgan fingerprint density at radius 2 is 2.25 bits per heavy atom. The highest BCUT2D eigenvalue weighted by Gasteiger charge is 2.22. The van der Waals surface area contributed by atoms with Crippen molar-refractivity contribution in [1.82, 2.24) is 9.97 Å². The zero-order valence-corrected chi connectivity index (χ0v) is 12.5. The molecule has 0 amide bonds. The molecular weight excluding hydrogens is 278 g/mol. The lowest BCUT2D eigenvalue weighted by Gasteiger charge is -2.13. The van der Waals surface area contributed by atoms with Gasteiger partial charge in [0, 0.05) is 21.1 Å². The number of hydrogen-bond acceptors (Lipinski definition) is 7. The van der Waals surface area contributed by atoms with Crippen molar-refractivity contribution in [3.8, 4) is 0 Å². The lowest BCUT2D eigenvalue weighted by atomic mass is 10.2. The number of nitrogens with zero attached hydrogens (tertiary/aromatic N) is 4. The molecular formula is C12H15N5O2S. The predicted octanol–water partition coefficient (Wildman–Crippen LogP) is 1.61. The SMILES string of the molecule is CN=CNc1c(C(=O)OC)sc2ncnc(N(C)C)c12. The van der Waals surface area contributed by atoms with Crippen molar-refractivity contribution in [2.45, 2.75) is 0 Å². The number of carbonyl (C=O) groups excluding carboxylic acids is 1. The smallest absolute Gasteiger partial charge is 0.350 e. The van der Waals surface area contributed by atoms with E-state index in [0.29, 0.717) is 10.6 Å². The van der Waals surface area contributed by atoms with Crippen molar-refractivity contribution in [1.29, 1.82) is 0 Å². The van der Waals surface area contributed by atoms with E-state index >= 15 is 0 Å². The van der Waals surface area contributed by atoms with Gasteiger partial charge in [-0.3, -0.25) is 4.99 Å². The molecule has 0 spiro atoms. The van der Waals surface area contributed by atoms with Crippen molar-refractivity contribution in [3.05, 3.63) is 11.2 Å². The number of esters is 1. The summed E-state index contributed by atoms with van der Waals surface area (Å²) in [6.45, 7) is 0. The van der Waals surface area contributed by atoms with Gasteiger partial charge in [-0.1, -0.05) is 0 Å². The Morgan fingerprint density at radius 3 is 2.85 bits per heavy atom. The highest BCUT2D eigenvalue weighted by atomic mass is 32.1. The molecule has 2 heterocycles. The fourth-order valence-corrected chi connectivity index (χ4v) is 2.78. The third-order valence-electron chi connectivity index (χ3n) is 2.60. The zero-order chi connectivity index (χ0) is 14.7. The number of ether oxygens (including phenoxy) is 1. The number of methoxy groups -OCH3 is 1. The molecule has 0 aliphatic heterocycles. The topological polar surface area (TPSA) is 79.7 Å². The summed E-state index contributed by atoms with van der Waals surface area (Å²) in [5, 5.41) is 3.79. The highest BCUT2D eigenvalue weighted by molar-refractivity contribution is 7.21. The number of fused-ring (bicyclic) bond motifs is 1. The van der Waals surface area contributed by atoms with Crippen LogP contribution in [0.4, 0.5) is 11.5 Å². The van der Waals surface area contributed by atoms with E-state index in [1.54, 1.807) is 7.05 Å². The molecule has 2 rings (SSSR count). The van der Waals surface area contributed by atoms with E-state index in [4.69, 9.17) is 4.74 Å². The van der Waals surface area contributed by atoms with Crippen LogP contribution in [-0.2, 0) is 4.74 Å². The summed E-state index contributed by atoms with van der Waals surface area (Å²) < 4.78 is 4.81. The Kier molecular flexibility index (Phi) is 4.14. The van der Waals surface area contributed by atoms with Gasteiger partial charge in [0.25, 0.3) is 0 Å². The van der Waals surface area contributed by atoms with Gasteiger partial charge in [0.05, 0.1) is 24.5 Å². The number of thiophene rings is 1. The van der Waals surface area contributed by atoms with Gasteiger partial charge in [0.15, 0.2) is 0 Å². The molecule has 0 aliphatic carbocycles. The van der Waals surface area contributed by atoms with Crippen LogP contribution in [0.15, 0.2) is 11.3 Å². The zero-order valence-electron chi connectivity index (χ0n) is 11.7. The number of anilines is 2. The van der Waals surface area contributed by atoms with Crippen molar-refractivity contribution < 1.29 is 9.53 Å². The van der Waals surface area contributed by atoms with E-state index in [9.17, 15) is 4.79 Å². The van der Waals surface area contributed by atoms with Gasteiger partial charge >= 0.3 is 5.97 Å². The molecule has 0 aromatic carbocycles. The normalized spacial score (nSPS) is 11.0. The van der Waals surface area contributed by atoms with Crippen molar-refractivity contribution in [3.63, 3.8) is 0 Å². The molecule has 0 bridgehead atoms. The van der Waals surface area contributed by atoms with E-state index < -0.39 is 5.97 Å². The fraction of sp³-hybridized carbons (Fsp3) is 0.333. The molecule has 7 nitrogen and oxygen atoms in total. The van der Waals surface area contributed by atoms with Gasteiger partial charge in [0.1, 0.15) is 21.9 Å². The summed E-state index contributed by atoms with van der Waals surface area (Å²) in [6, 6.07) is 0. The molecule has 1 N–H and O–H groups in total. The fourth-order valence-electron chi connectivity index (χ4n) is 1.76. The first-order chi connectivity index (χ1) is 9.60. The Bertz CT molecular complexity index is 665. The van der Waals surface area contributed by atoms with Crippen LogP contribution in [0.25, 0.3) is 10.2 Å². The first-order valence-electron chi connectivity index (χ1n) is 5.80. The lowest BCUT2D eigenvalue weighted by molar-refractivity contribution is 0.0607. The average Bonchev–Trinajstić information content (AvgIpc) is 2.82. The average molecular weight is 293 g/mol. The van der Waals surface area contributed by atoms with Crippen LogP contribution in [-0.4, -0.2) is 50.5 Å². The molecule has 0 radical (unpaired) electrons. The predicted molar refractivity (Wildman–Crippen MR) is 81.1 cm³/mol. The van der Waals surface area contributed by atoms with Crippen LogP contribution in [0.5, 0.6) is 0 Å². The number of aromatic nitrogens is 2. The number of hydrogen-bond donors (Lipinski definition) is 1. The Hall–Kier alpha value is -2.22. The number of rotatable bonds is 4. The molecule has 0 saturated carbocycles. The first-order valence-corrected chi connectivity index (χ1v) is 6.62. The van der Waals surface area contributed by atoms with E-state index in [1.807, 2.05) is 19.0 Å². The molecule has 0 atom stereocenters. The van der Waals surface area contributed by atoms with Crippen LogP contribution < -0.4 is 10.2 Å². The van der Waals surface area contributed by atoms with E-state index in [0.717, 1.165) is 16.0 Å². The second-order valence-corrected chi connectivity index (χ2v) is 5.10. The summed E-state index contributed by atoms with van der Waals surface area (Å²) >= 11 is 1.26. The highest BCUT2D eigenvalue weighted by Crippen LogP contribution is 2.38. The molecule has 20 heavy (non-hydrogen) atoms. The summed E-state index contributed by atoms with van der Waals surface area (Å²) in [4.78, 5) is 27.3. The minimum Gasteiger partial charge on any atom is -0.465 e. The monoisotopic (exact) mass is 293 g/mol. The van der Waals surface area contributed by atoms with Crippen LogP contribution in [0.3, 0.4) is 0 Å². The number of nitrogens with one attached hydrogen (secondary N) is 1. The van der Waals surface area contributed by atoms with Crippen LogP contribution >= 0.6 is 11.3 Å². The quantitative estimate of drug-likeness (QED) is 0.524. The van der Waals surface area contributed by atoms with Gasteiger partial charge in [0.2, 0.25) is 0 Å². The van der Waals surface area contributed by atoms with Gasteiger partial charge < -0.3 is 15.0 Å². The summed E-state index contributed by atoms with van der Waals surface area (Å²) in [7, 11) is 6.76. The minimum absolute atomic E-state index is 0.412. The molecule has 0 unspecified atom stereocenters. The minimum atomic E-state index is -0.412. The van der Waals surface area contributed by atoms with Crippen molar-refractivity contribution in [2.24, 2.45) is 4.99 Å². The third kappa shape index (κ3) is 2.42. The maximum Gasteiger partial charge on any atom is 0.350 e. The molecule has 106 valence electrons. The molecule has 2 aromatic heterocycles. The van der Waals surface area contributed by atoms with Gasteiger partial charge in [-0.05, 0) is 0 Å². The Balaban J connectivity index is 2.74. The molecule has 0 aliphatic rings. The number of aliphatic imine (C=N–C) groups is 1. The molecule has 2 aromatic rings. The van der Waals surface area contributed by atoms with Crippen molar-refractivity contribution in [2.75, 3.05) is 38.5 Å². The van der Waals surface area contributed by atoms with E-state index in [2.05, 4.69) is 20.3 Å².